The van der Waals surface area contributed by atoms with Gasteiger partial charge in [-0.15, -0.1) is 0 Å². The first-order valence-electron chi connectivity index (χ1n) is 19.2. The molecule has 0 N–H and O–H groups in total. The number of anilines is 3. The fraction of sp³-hybridized carbons (Fsp3) is 0.0566. The summed E-state index contributed by atoms with van der Waals surface area (Å²) in [5.74, 6) is 0. The van der Waals surface area contributed by atoms with Crippen molar-refractivity contribution < 1.29 is 0 Å². The van der Waals surface area contributed by atoms with Crippen molar-refractivity contribution in [2.75, 3.05) is 4.90 Å². The van der Waals surface area contributed by atoms with Crippen LogP contribution in [-0.4, -0.2) is 4.57 Å². The Morgan fingerprint density at radius 1 is 0.400 bits per heavy atom. The zero-order valence-corrected chi connectivity index (χ0v) is 30.9. The van der Waals surface area contributed by atoms with E-state index in [1.807, 2.05) is 0 Å². The molecule has 55 heavy (non-hydrogen) atoms. The van der Waals surface area contributed by atoms with Crippen molar-refractivity contribution in [3.05, 3.63) is 205 Å². The van der Waals surface area contributed by atoms with E-state index >= 15 is 0 Å². The molecule has 1 aromatic heterocycles. The Bertz CT molecular complexity index is 3120. The summed E-state index contributed by atoms with van der Waals surface area (Å²) in [6, 6.07) is 71.5. The van der Waals surface area contributed by atoms with Gasteiger partial charge in [0.1, 0.15) is 0 Å². The van der Waals surface area contributed by atoms with Gasteiger partial charge in [-0.2, -0.15) is 0 Å². The first-order valence-corrected chi connectivity index (χ1v) is 19.2. The summed E-state index contributed by atoms with van der Waals surface area (Å²) in [7, 11) is 0. The molecule has 0 fully saturated rings. The number of aromatic nitrogens is 1. The predicted molar refractivity (Wildman–Crippen MR) is 233 cm³/mol. The first-order chi connectivity index (χ1) is 27.0. The van der Waals surface area contributed by atoms with Crippen LogP contribution >= 0.6 is 0 Å². The van der Waals surface area contributed by atoms with Gasteiger partial charge in [0.2, 0.25) is 0 Å². The number of hydrogen-bond acceptors (Lipinski definition) is 1. The zero-order valence-electron chi connectivity index (χ0n) is 30.9. The van der Waals surface area contributed by atoms with Crippen LogP contribution in [0.3, 0.4) is 0 Å². The average Bonchev–Trinajstić information content (AvgIpc) is 3.69. The van der Waals surface area contributed by atoms with E-state index in [0.29, 0.717) is 0 Å². The quantitative estimate of drug-likeness (QED) is 0.173. The lowest BCUT2D eigenvalue weighted by Crippen LogP contribution is -2.16. The molecule has 0 saturated heterocycles. The van der Waals surface area contributed by atoms with E-state index in [2.05, 4.69) is 217 Å². The smallest absolute Gasteiger partial charge is 0.0541 e. The molecule has 0 saturated carbocycles. The van der Waals surface area contributed by atoms with Crippen LogP contribution in [0.15, 0.2) is 194 Å². The second kappa shape index (κ2) is 12.1. The van der Waals surface area contributed by atoms with Gasteiger partial charge >= 0.3 is 0 Å². The Morgan fingerprint density at radius 2 is 1.05 bits per heavy atom. The Hall–Kier alpha value is -6.90. The summed E-state index contributed by atoms with van der Waals surface area (Å²) in [5, 5.41) is 7.46. The van der Waals surface area contributed by atoms with Crippen molar-refractivity contribution in [1.82, 2.24) is 4.57 Å². The van der Waals surface area contributed by atoms with Gasteiger partial charge < -0.3 is 9.47 Å². The summed E-state index contributed by atoms with van der Waals surface area (Å²) in [5.41, 5.74) is 14.8. The number of nitrogens with zero attached hydrogens (tertiary/aromatic N) is 2. The molecule has 0 atom stereocenters. The lowest BCUT2D eigenvalue weighted by atomic mass is 9.82. The van der Waals surface area contributed by atoms with Crippen LogP contribution in [0, 0.1) is 0 Å². The third-order valence-corrected chi connectivity index (χ3v) is 12.0. The predicted octanol–water partition coefficient (Wildman–Crippen LogP) is 14.5. The van der Waals surface area contributed by atoms with Gasteiger partial charge in [0.15, 0.2) is 0 Å². The highest BCUT2D eigenvalue weighted by Crippen LogP contribution is 2.51. The SMILES string of the molecule is CC1(C)c2ccccc2-c2ccc(N(c3ccc(-c4ccc5c(c4)c4ccccc4n5-c4ccc5ccccc5c4)cc3)c3cccc4ccccc34)cc21. The maximum atomic E-state index is 2.44. The molecule has 11 rings (SSSR count). The minimum absolute atomic E-state index is 0.0910. The third kappa shape index (κ3) is 4.88. The van der Waals surface area contributed by atoms with Gasteiger partial charge in [-0.05, 0) is 110 Å². The molecular formula is C53H38N2. The van der Waals surface area contributed by atoms with Gasteiger partial charge in [0.25, 0.3) is 0 Å². The summed E-state index contributed by atoms with van der Waals surface area (Å²) < 4.78 is 2.41. The van der Waals surface area contributed by atoms with Gasteiger partial charge in [-0.25, -0.2) is 0 Å². The fourth-order valence-corrected chi connectivity index (χ4v) is 9.21. The number of para-hydroxylation sites is 1. The van der Waals surface area contributed by atoms with Gasteiger partial charge in [-0.1, -0.05) is 147 Å². The lowest BCUT2D eigenvalue weighted by Gasteiger charge is -2.29. The van der Waals surface area contributed by atoms with Crippen molar-refractivity contribution in [2.45, 2.75) is 19.3 Å². The molecule has 2 heteroatoms. The summed E-state index contributed by atoms with van der Waals surface area (Å²) in [6.07, 6.45) is 0. The molecule has 1 heterocycles. The maximum Gasteiger partial charge on any atom is 0.0541 e. The van der Waals surface area contributed by atoms with E-state index in [0.717, 1.165) is 11.4 Å². The van der Waals surface area contributed by atoms with Gasteiger partial charge in [0.05, 0.1) is 16.7 Å². The standard InChI is InChI=1S/C53H38N2/c1-53(2)48-19-9-7-17-44(48)45-30-29-42(34-49(45)53)54(50-21-11-15-37-13-5-6-16-43(37)50)40-26-22-36(23-27-40)39-25-31-52-47(33-39)46-18-8-10-20-51(46)55(52)41-28-24-35-12-3-4-14-38(35)32-41/h3-34H,1-2H3. The molecule has 0 unspecified atom stereocenters. The average molecular weight is 703 g/mol. The molecule has 0 radical (unpaired) electrons. The van der Waals surface area contributed by atoms with E-state index in [1.54, 1.807) is 0 Å². The van der Waals surface area contributed by atoms with Crippen LogP contribution in [0.5, 0.6) is 0 Å². The largest absolute Gasteiger partial charge is 0.310 e. The molecule has 1 aliphatic carbocycles. The minimum atomic E-state index is -0.0910. The van der Waals surface area contributed by atoms with Gasteiger partial charge in [-0.3, -0.25) is 0 Å². The Morgan fingerprint density at radius 3 is 1.93 bits per heavy atom. The molecule has 260 valence electrons. The normalized spacial score (nSPS) is 13.1. The Labute approximate surface area is 321 Å². The van der Waals surface area contributed by atoms with Crippen LogP contribution in [0.1, 0.15) is 25.0 Å². The second-order valence-electron chi connectivity index (χ2n) is 15.4. The third-order valence-electron chi connectivity index (χ3n) is 12.0. The van der Waals surface area contributed by atoms with Crippen LogP contribution in [0.2, 0.25) is 0 Å². The lowest BCUT2D eigenvalue weighted by molar-refractivity contribution is 0.660. The van der Waals surface area contributed by atoms with Crippen molar-refractivity contribution >= 4 is 60.4 Å². The van der Waals surface area contributed by atoms with Crippen LogP contribution < -0.4 is 4.90 Å². The molecule has 1 aliphatic rings. The molecule has 10 aromatic rings. The number of rotatable bonds is 5. The molecule has 0 aliphatic heterocycles. The van der Waals surface area contributed by atoms with Crippen LogP contribution in [-0.2, 0) is 5.41 Å². The van der Waals surface area contributed by atoms with E-state index in [4.69, 9.17) is 0 Å². The molecule has 0 bridgehead atoms. The number of benzene rings is 9. The fourth-order valence-electron chi connectivity index (χ4n) is 9.21. The summed E-state index contributed by atoms with van der Waals surface area (Å²) >= 11 is 0. The monoisotopic (exact) mass is 702 g/mol. The topological polar surface area (TPSA) is 8.17 Å². The van der Waals surface area contributed by atoms with Crippen molar-refractivity contribution in [2.24, 2.45) is 0 Å². The first kappa shape index (κ1) is 31.6. The van der Waals surface area contributed by atoms with Crippen LogP contribution in [0.25, 0.3) is 71.3 Å². The minimum Gasteiger partial charge on any atom is -0.310 e. The van der Waals surface area contributed by atoms with E-state index in [9.17, 15) is 0 Å². The molecular weight excluding hydrogens is 665 g/mol. The van der Waals surface area contributed by atoms with Gasteiger partial charge in [0, 0.05) is 38.6 Å². The van der Waals surface area contributed by atoms with Crippen molar-refractivity contribution in [1.29, 1.82) is 0 Å². The highest BCUT2D eigenvalue weighted by Gasteiger charge is 2.35. The molecule has 0 spiro atoms. The van der Waals surface area contributed by atoms with E-state index < -0.39 is 0 Å². The van der Waals surface area contributed by atoms with E-state index in [1.165, 1.54) is 88.1 Å². The highest BCUT2D eigenvalue weighted by molar-refractivity contribution is 6.11. The Balaban J connectivity index is 1.03. The van der Waals surface area contributed by atoms with E-state index in [-0.39, 0.29) is 5.41 Å². The van der Waals surface area contributed by atoms with Crippen molar-refractivity contribution in [3.63, 3.8) is 0 Å². The molecule has 0 amide bonds. The summed E-state index contributed by atoms with van der Waals surface area (Å²) in [4.78, 5) is 2.44. The molecule has 9 aromatic carbocycles. The maximum absolute atomic E-state index is 2.44. The zero-order chi connectivity index (χ0) is 36.7. The number of hydrogen-bond donors (Lipinski definition) is 0. The molecule has 2 nitrogen and oxygen atoms in total. The second-order valence-corrected chi connectivity index (χ2v) is 15.4. The van der Waals surface area contributed by atoms with Crippen LogP contribution in [0.4, 0.5) is 17.1 Å². The van der Waals surface area contributed by atoms with Crippen molar-refractivity contribution in [3.8, 4) is 27.9 Å². The summed E-state index contributed by atoms with van der Waals surface area (Å²) in [6.45, 7) is 4.71. The highest BCUT2D eigenvalue weighted by atomic mass is 15.1. The Kier molecular flexibility index (Phi) is 6.93. The number of fused-ring (bicyclic) bond motifs is 8.